The normalized spacial score (nSPS) is 14.2. The standard InChI is InChI=1S/C21H25N5O3S3/c1-28-14-8-9-15(17(10-14)29-2)16-11-30-19(23-16)24-18(27)12-31-21-26-25-20(32-21)22-13-6-4-3-5-7-13/h8-11,13H,3-7,12H2,1-2H3,(H,22,25)(H,23,24,27). The van der Waals surface area contributed by atoms with Crippen molar-refractivity contribution in [3.05, 3.63) is 23.6 Å². The Morgan fingerprint density at radius 3 is 2.78 bits per heavy atom. The molecule has 1 fully saturated rings. The van der Waals surface area contributed by atoms with Gasteiger partial charge in [0.1, 0.15) is 11.5 Å². The minimum atomic E-state index is -0.130. The Kier molecular flexibility index (Phi) is 7.82. The molecule has 2 heterocycles. The van der Waals surface area contributed by atoms with E-state index in [0.717, 1.165) is 20.7 Å². The number of thiazole rings is 1. The summed E-state index contributed by atoms with van der Waals surface area (Å²) >= 11 is 4.25. The Labute approximate surface area is 199 Å². The highest BCUT2D eigenvalue weighted by Crippen LogP contribution is 2.35. The molecule has 3 aromatic rings. The zero-order valence-electron chi connectivity index (χ0n) is 17.9. The molecule has 0 saturated heterocycles. The summed E-state index contributed by atoms with van der Waals surface area (Å²) < 4.78 is 11.5. The molecule has 8 nitrogen and oxygen atoms in total. The third kappa shape index (κ3) is 5.90. The van der Waals surface area contributed by atoms with E-state index in [9.17, 15) is 4.79 Å². The van der Waals surface area contributed by atoms with Crippen LogP contribution in [0.3, 0.4) is 0 Å². The first-order chi connectivity index (χ1) is 15.6. The molecular weight excluding hydrogens is 466 g/mol. The fraction of sp³-hybridized carbons (Fsp3) is 0.429. The Bertz CT molecular complexity index is 1050. The number of carbonyl (C=O) groups excluding carboxylic acids is 1. The number of anilines is 2. The number of aromatic nitrogens is 3. The first kappa shape index (κ1) is 22.8. The van der Waals surface area contributed by atoms with Gasteiger partial charge in [0, 0.05) is 23.1 Å². The van der Waals surface area contributed by atoms with Gasteiger partial charge in [-0.2, -0.15) is 0 Å². The van der Waals surface area contributed by atoms with Crippen molar-refractivity contribution in [2.45, 2.75) is 42.5 Å². The van der Waals surface area contributed by atoms with E-state index in [1.54, 1.807) is 14.2 Å². The highest BCUT2D eigenvalue weighted by molar-refractivity contribution is 8.01. The van der Waals surface area contributed by atoms with Gasteiger partial charge < -0.3 is 20.1 Å². The Balaban J connectivity index is 1.29. The number of nitrogens with zero attached hydrogens (tertiary/aromatic N) is 3. The molecule has 32 heavy (non-hydrogen) atoms. The summed E-state index contributed by atoms with van der Waals surface area (Å²) in [6.45, 7) is 0. The summed E-state index contributed by atoms with van der Waals surface area (Å²) in [4.78, 5) is 16.9. The van der Waals surface area contributed by atoms with Crippen molar-refractivity contribution in [1.82, 2.24) is 15.2 Å². The van der Waals surface area contributed by atoms with Gasteiger partial charge in [-0.15, -0.1) is 21.5 Å². The zero-order valence-corrected chi connectivity index (χ0v) is 20.4. The molecule has 2 aromatic heterocycles. The SMILES string of the molecule is COc1ccc(-c2csc(NC(=O)CSc3nnc(NC4CCCCC4)s3)n2)c(OC)c1. The molecule has 4 rings (SSSR count). The quantitative estimate of drug-likeness (QED) is 0.396. The molecule has 0 radical (unpaired) electrons. The van der Waals surface area contributed by atoms with E-state index in [1.165, 1.54) is 66.5 Å². The third-order valence-electron chi connectivity index (χ3n) is 5.10. The minimum Gasteiger partial charge on any atom is -0.497 e. The van der Waals surface area contributed by atoms with Gasteiger partial charge in [0.2, 0.25) is 11.0 Å². The highest BCUT2D eigenvalue weighted by Gasteiger charge is 2.16. The smallest absolute Gasteiger partial charge is 0.236 e. The third-order valence-corrected chi connectivity index (χ3v) is 7.85. The van der Waals surface area contributed by atoms with Crippen LogP contribution in [-0.2, 0) is 4.79 Å². The van der Waals surface area contributed by atoms with Gasteiger partial charge in [-0.05, 0) is 25.0 Å². The number of thioether (sulfide) groups is 1. The lowest BCUT2D eigenvalue weighted by atomic mass is 9.96. The van der Waals surface area contributed by atoms with Gasteiger partial charge >= 0.3 is 0 Å². The monoisotopic (exact) mass is 491 g/mol. The fourth-order valence-electron chi connectivity index (χ4n) is 3.50. The second-order valence-corrected chi connectivity index (χ2v) is 10.4. The molecule has 0 spiro atoms. The van der Waals surface area contributed by atoms with E-state index in [-0.39, 0.29) is 11.7 Å². The second-order valence-electron chi connectivity index (χ2n) is 7.29. The number of rotatable bonds is 9. The lowest BCUT2D eigenvalue weighted by Gasteiger charge is -2.21. The van der Waals surface area contributed by atoms with Crippen LogP contribution in [0.1, 0.15) is 32.1 Å². The van der Waals surface area contributed by atoms with Crippen LogP contribution in [0.4, 0.5) is 10.3 Å². The van der Waals surface area contributed by atoms with Crippen LogP contribution in [0, 0.1) is 0 Å². The molecule has 1 amide bonds. The molecule has 0 aliphatic heterocycles. The van der Waals surface area contributed by atoms with Crippen LogP contribution >= 0.6 is 34.4 Å². The number of ether oxygens (including phenoxy) is 2. The Morgan fingerprint density at radius 2 is 2.00 bits per heavy atom. The van der Waals surface area contributed by atoms with Crippen molar-refractivity contribution >= 4 is 50.6 Å². The van der Waals surface area contributed by atoms with Gasteiger partial charge in [-0.3, -0.25) is 4.79 Å². The number of carbonyl (C=O) groups is 1. The number of benzene rings is 1. The summed E-state index contributed by atoms with van der Waals surface area (Å²) in [7, 11) is 3.22. The first-order valence-electron chi connectivity index (χ1n) is 10.3. The summed E-state index contributed by atoms with van der Waals surface area (Å²) in [5.41, 5.74) is 1.58. The summed E-state index contributed by atoms with van der Waals surface area (Å²) in [5.74, 6) is 1.49. The van der Waals surface area contributed by atoms with Crippen molar-refractivity contribution in [2.24, 2.45) is 0 Å². The van der Waals surface area contributed by atoms with Crippen LogP contribution in [0.2, 0.25) is 0 Å². The van der Waals surface area contributed by atoms with Crippen molar-refractivity contribution in [3.63, 3.8) is 0 Å². The van der Waals surface area contributed by atoms with Crippen LogP contribution < -0.4 is 20.1 Å². The Morgan fingerprint density at radius 1 is 1.16 bits per heavy atom. The maximum absolute atomic E-state index is 12.4. The van der Waals surface area contributed by atoms with Gasteiger partial charge in [-0.25, -0.2) is 4.98 Å². The number of nitrogens with one attached hydrogen (secondary N) is 2. The zero-order chi connectivity index (χ0) is 22.3. The molecule has 1 aliphatic carbocycles. The van der Waals surface area contributed by atoms with Gasteiger partial charge in [0.05, 0.1) is 25.7 Å². The second kappa shape index (κ2) is 11.0. The number of amides is 1. The first-order valence-corrected chi connectivity index (χ1v) is 13.0. The van der Waals surface area contributed by atoms with E-state index in [1.807, 2.05) is 23.6 Å². The molecule has 11 heteroatoms. The molecule has 1 saturated carbocycles. The molecule has 170 valence electrons. The minimum absolute atomic E-state index is 0.130. The fourth-order valence-corrected chi connectivity index (χ4v) is 5.85. The van der Waals surface area contributed by atoms with E-state index in [2.05, 4.69) is 25.8 Å². The van der Waals surface area contributed by atoms with Crippen LogP contribution in [0.15, 0.2) is 27.9 Å². The molecule has 1 aliphatic rings. The maximum Gasteiger partial charge on any atom is 0.236 e. The molecule has 2 N–H and O–H groups in total. The summed E-state index contributed by atoms with van der Waals surface area (Å²) in [5, 5.41) is 18.0. The predicted octanol–water partition coefficient (Wildman–Crippen LogP) is 5.15. The van der Waals surface area contributed by atoms with Gasteiger partial charge in [-0.1, -0.05) is 42.4 Å². The largest absolute Gasteiger partial charge is 0.497 e. The average Bonchev–Trinajstić information content (AvgIpc) is 3.47. The van der Waals surface area contributed by atoms with E-state index >= 15 is 0 Å². The maximum atomic E-state index is 12.4. The predicted molar refractivity (Wildman–Crippen MR) is 130 cm³/mol. The van der Waals surface area contributed by atoms with E-state index in [4.69, 9.17) is 9.47 Å². The summed E-state index contributed by atoms with van der Waals surface area (Å²) in [6, 6.07) is 6.04. The lowest BCUT2D eigenvalue weighted by Crippen LogP contribution is -2.21. The van der Waals surface area contributed by atoms with E-state index < -0.39 is 0 Å². The Hall–Kier alpha value is -2.37. The topological polar surface area (TPSA) is 98.3 Å². The number of methoxy groups -OCH3 is 2. The van der Waals surface area contributed by atoms with Gasteiger partial charge in [0.15, 0.2) is 9.47 Å². The molecule has 1 aromatic carbocycles. The number of hydrogen-bond donors (Lipinski definition) is 2. The highest BCUT2D eigenvalue weighted by atomic mass is 32.2. The van der Waals surface area contributed by atoms with Gasteiger partial charge in [0.25, 0.3) is 0 Å². The summed E-state index contributed by atoms with van der Waals surface area (Å²) in [6.07, 6.45) is 6.22. The average molecular weight is 492 g/mol. The van der Waals surface area contributed by atoms with Crippen molar-refractivity contribution < 1.29 is 14.3 Å². The van der Waals surface area contributed by atoms with E-state index in [0.29, 0.717) is 22.7 Å². The van der Waals surface area contributed by atoms with Crippen molar-refractivity contribution in [1.29, 1.82) is 0 Å². The molecule has 0 atom stereocenters. The lowest BCUT2D eigenvalue weighted by molar-refractivity contribution is -0.113. The molecule has 0 unspecified atom stereocenters. The van der Waals surface area contributed by atoms with Crippen LogP contribution in [0.25, 0.3) is 11.3 Å². The van der Waals surface area contributed by atoms with Crippen LogP contribution in [0.5, 0.6) is 11.5 Å². The van der Waals surface area contributed by atoms with Crippen molar-refractivity contribution in [3.8, 4) is 22.8 Å². The molecule has 0 bridgehead atoms. The molecular formula is C21H25N5O3S3. The van der Waals surface area contributed by atoms with Crippen LogP contribution in [-0.4, -0.2) is 47.1 Å². The van der Waals surface area contributed by atoms with Crippen molar-refractivity contribution in [2.75, 3.05) is 30.6 Å². The number of hydrogen-bond acceptors (Lipinski definition) is 10.